The van der Waals surface area contributed by atoms with E-state index >= 15 is 0 Å². The van der Waals surface area contributed by atoms with E-state index in [2.05, 4.69) is 0 Å². The lowest BCUT2D eigenvalue weighted by atomic mass is 9.97. The molecular weight excluding hydrogens is 273 g/mol. The maximum Gasteiger partial charge on any atom is 0.393 e. The molecule has 1 atom stereocenters. The Balaban J connectivity index is 1.83. The predicted molar refractivity (Wildman–Crippen MR) is 67.0 cm³/mol. The van der Waals surface area contributed by atoms with E-state index in [4.69, 9.17) is 0 Å². The Bertz CT molecular complexity index is 341. The molecule has 7 heteroatoms. The summed E-state index contributed by atoms with van der Waals surface area (Å²) in [6.07, 6.45) is -2.76. The van der Waals surface area contributed by atoms with Gasteiger partial charge in [-0.15, -0.1) is 0 Å². The first kappa shape index (κ1) is 15.6. The number of aliphatic hydroxyl groups excluding tert-OH is 1. The molecule has 2 saturated heterocycles. The Morgan fingerprint density at radius 1 is 1.15 bits per heavy atom. The fourth-order valence-corrected chi connectivity index (χ4v) is 2.84. The van der Waals surface area contributed by atoms with Crippen LogP contribution in [-0.2, 0) is 4.79 Å². The predicted octanol–water partition coefficient (Wildman–Crippen LogP) is 1.24. The van der Waals surface area contributed by atoms with Crippen molar-refractivity contribution in [2.75, 3.05) is 32.7 Å². The molecule has 2 rings (SSSR count). The molecule has 2 aliphatic rings. The largest absolute Gasteiger partial charge is 0.393 e. The molecule has 0 aromatic carbocycles. The van der Waals surface area contributed by atoms with Crippen LogP contribution < -0.4 is 0 Å². The second-order valence-electron chi connectivity index (χ2n) is 5.73. The minimum Gasteiger partial charge on any atom is -0.393 e. The van der Waals surface area contributed by atoms with Gasteiger partial charge in [-0.05, 0) is 25.7 Å². The van der Waals surface area contributed by atoms with Gasteiger partial charge in [0, 0.05) is 26.2 Å². The number of carbonyl (C=O) groups excluding carboxylic acids is 1. The number of piperidine rings is 2. The SMILES string of the molecule is O=C(CN1CCC(O)CC1)N1CCCC(C(F)(F)F)C1. The van der Waals surface area contributed by atoms with E-state index in [-0.39, 0.29) is 31.5 Å². The second-order valence-corrected chi connectivity index (χ2v) is 5.73. The monoisotopic (exact) mass is 294 g/mol. The summed E-state index contributed by atoms with van der Waals surface area (Å²) < 4.78 is 38.1. The summed E-state index contributed by atoms with van der Waals surface area (Å²) in [5.74, 6) is -1.61. The van der Waals surface area contributed by atoms with Crippen molar-refractivity contribution in [2.24, 2.45) is 5.92 Å². The van der Waals surface area contributed by atoms with Crippen molar-refractivity contribution in [1.82, 2.24) is 9.80 Å². The van der Waals surface area contributed by atoms with Crippen molar-refractivity contribution in [3.05, 3.63) is 0 Å². The standard InChI is InChI=1S/C13H21F3N2O2/c14-13(15,16)10-2-1-5-18(8-10)12(20)9-17-6-3-11(19)4-7-17/h10-11,19H,1-9H2. The van der Waals surface area contributed by atoms with Gasteiger partial charge in [-0.3, -0.25) is 9.69 Å². The number of aliphatic hydroxyl groups is 1. The third-order valence-corrected chi connectivity index (χ3v) is 4.15. The molecule has 116 valence electrons. The zero-order valence-corrected chi connectivity index (χ0v) is 11.4. The van der Waals surface area contributed by atoms with E-state index in [1.54, 1.807) is 0 Å². The summed E-state index contributed by atoms with van der Waals surface area (Å²) in [5, 5.41) is 9.39. The summed E-state index contributed by atoms with van der Waals surface area (Å²) in [5.41, 5.74) is 0. The topological polar surface area (TPSA) is 43.8 Å². The Morgan fingerprint density at radius 3 is 2.40 bits per heavy atom. The number of halogens is 3. The number of likely N-dealkylation sites (tertiary alicyclic amines) is 2. The van der Waals surface area contributed by atoms with E-state index < -0.39 is 12.1 Å². The maximum absolute atomic E-state index is 12.7. The highest BCUT2D eigenvalue weighted by Crippen LogP contribution is 2.33. The molecule has 0 aliphatic carbocycles. The van der Waals surface area contributed by atoms with Gasteiger partial charge >= 0.3 is 6.18 Å². The molecule has 0 bridgehead atoms. The van der Waals surface area contributed by atoms with Gasteiger partial charge in [0.15, 0.2) is 0 Å². The first-order valence-electron chi connectivity index (χ1n) is 7.11. The van der Waals surface area contributed by atoms with Crippen LogP contribution in [0.4, 0.5) is 13.2 Å². The van der Waals surface area contributed by atoms with Crippen LogP contribution >= 0.6 is 0 Å². The molecule has 0 aromatic rings. The van der Waals surface area contributed by atoms with E-state index in [9.17, 15) is 23.1 Å². The van der Waals surface area contributed by atoms with Crippen LogP contribution in [0.1, 0.15) is 25.7 Å². The fourth-order valence-electron chi connectivity index (χ4n) is 2.84. The van der Waals surface area contributed by atoms with Crippen LogP contribution in [0.3, 0.4) is 0 Å². The molecule has 2 heterocycles. The minimum atomic E-state index is -4.21. The van der Waals surface area contributed by atoms with E-state index in [0.717, 1.165) is 0 Å². The van der Waals surface area contributed by atoms with E-state index in [1.165, 1.54) is 4.90 Å². The average Bonchev–Trinajstić information content (AvgIpc) is 2.40. The van der Waals surface area contributed by atoms with Crippen molar-refractivity contribution in [3.63, 3.8) is 0 Å². The molecule has 1 amide bonds. The Morgan fingerprint density at radius 2 is 1.80 bits per heavy atom. The van der Waals surface area contributed by atoms with Crippen molar-refractivity contribution < 1.29 is 23.1 Å². The van der Waals surface area contributed by atoms with Gasteiger partial charge in [0.2, 0.25) is 5.91 Å². The summed E-state index contributed by atoms with van der Waals surface area (Å²) in [4.78, 5) is 15.3. The van der Waals surface area contributed by atoms with Crippen LogP contribution in [0, 0.1) is 5.92 Å². The number of nitrogens with zero attached hydrogens (tertiary/aromatic N) is 2. The molecule has 0 aromatic heterocycles. The minimum absolute atomic E-state index is 0.114. The molecular formula is C13H21F3N2O2. The molecule has 2 aliphatic heterocycles. The van der Waals surface area contributed by atoms with Gasteiger partial charge in [-0.25, -0.2) is 0 Å². The van der Waals surface area contributed by atoms with Crippen LogP contribution in [-0.4, -0.2) is 65.8 Å². The summed E-state index contributed by atoms with van der Waals surface area (Å²) >= 11 is 0. The Labute approximate surface area is 116 Å². The normalized spacial score (nSPS) is 26.8. The van der Waals surface area contributed by atoms with Gasteiger partial charge in [0.05, 0.1) is 18.6 Å². The van der Waals surface area contributed by atoms with E-state index in [0.29, 0.717) is 38.9 Å². The smallest absolute Gasteiger partial charge is 0.393 e. The molecule has 0 radical (unpaired) electrons. The van der Waals surface area contributed by atoms with Gasteiger partial charge in [0.1, 0.15) is 0 Å². The van der Waals surface area contributed by atoms with Crippen molar-refractivity contribution >= 4 is 5.91 Å². The van der Waals surface area contributed by atoms with Crippen LogP contribution in [0.15, 0.2) is 0 Å². The van der Waals surface area contributed by atoms with Crippen LogP contribution in [0.25, 0.3) is 0 Å². The first-order valence-corrected chi connectivity index (χ1v) is 7.11. The number of hydrogen-bond acceptors (Lipinski definition) is 3. The summed E-state index contributed by atoms with van der Waals surface area (Å²) in [6.45, 7) is 1.63. The molecule has 1 unspecified atom stereocenters. The third-order valence-electron chi connectivity index (χ3n) is 4.15. The third kappa shape index (κ3) is 4.09. The van der Waals surface area contributed by atoms with Gasteiger partial charge in [0.25, 0.3) is 0 Å². The van der Waals surface area contributed by atoms with Gasteiger partial charge < -0.3 is 10.0 Å². The van der Waals surface area contributed by atoms with Crippen LogP contribution in [0.2, 0.25) is 0 Å². The summed E-state index contributed by atoms with van der Waals surface area (Å²) in [6, 6.07) is 0. The lowest BCUT2D eigenvalue weighted by molar-refractivity contribution is -0.188. The fraction of sp³-hybridized carbons (Fsp3) is 0.923. The molecule has 4 nitrogen and oxygen atoms in total. The highest BCUT2D eigenvalue weighted by molar-refractivity contribution is 5.78. The van der Waals surface area contributed by atoms with Crippen molar-refractivity contribution in [3.8, 4) is 0 Å². The second kappa shape index (κ2) is 6.30. The Kier molecular flexibility index (Phi) is 4.90. The van der Waals surface area contributed by atoms with Gasteiger partial charge in [-0.1, -0.05) is 0 Å². The zero-order chi connectivity index (χ0) is 14.8. The number of alkyl halides is 3. The zero-order valence-electron chi connectivity index (χ0n) is 11.4. The highest BCUT2D eigenvalue weighted by Gasteiger charge is 2.42. The number of carbonyl (C=O) groups is 1. The lowest BCUT2D eigenvalue weighted by Gasteiger charge is -2.36. The van der Waals surface area contributed by atoms with Crippen LogP contribution in [0.5, 0.6) is 0 Å². The average molecular weight is 294 g/mol. The maximum atomic E-state index is 12.7. The van der Waals surface area contributed by atoms with E-state index in [1.807, 2.05) is 4.90 Å². The van der Waals surface area contributed by atoms with Gasteiger partial charge in [-0.2, -0.15) is 13.2 Å². The quantitative estimate of drug-likeness (QED) is 0.833. The molecule has 20 heavy (non-hydrogen) atoms. The number of hydrogen-bond donors (Lipinski definition) is 1. The summed E-state index contributed by atoms with van der Waals surface area (Å²) in [7, 11) is 0. The Hall–Kier alpha value is -0.820. The number of amides is 1. The van der Waals surface area contributed by atoms with Crippen molar-refractivity contribution in [2.45, 2.75) is 38.0 Å². The molecule has 2 fully saturated rings. The number of rotatable bonds is 2. The van der Waals surface area contributed by atoms with Crippen molar-refractivity contribution in [1.29, 1.82) is 0 Å². The molecule has 0 saturated carbocycles. The molecule has 0 spiro atoms. The first-order chi connectivity index (χ1) is 9.36. The highest BCUT2D eigenvalue weighted by atomic mass is 19.4. The lowest BCUT2D eigenvalue weighted by Crippen LogP contribution is -2.49. The molecule has 1 N–H and O–H groups in total.